The summed E-state index contributed by atoms with van der Waals surface area (Å²) in [4.78, 5) is 25.2. The van der Waals surface area contributed by atoms with E-state index in [1.54, 1.807) is 22.8 Å². The van der Waals surface area contributed by atoms with Crippen LogP contribution < -0.4 is 15.0 Å². The lowest BCUT2D eigenvalue weighted by Crippen LogP contribution is -2.55. The fourth-order valence-corrected chi connectivity index (χ4v) is 4.13. The number of hydrogen-bond donors (Lipinski definition) is 1. The monoisotopic (exact) mass is 425 g/mol. The molecule has 166 valence electrons. The molecule has 4 rings (SSSR count). The van der Waals surface area contributed by atoms with Crippen LogP contribution in [0.1, 0.15) is 37.7 Å². The van der Waals surface area contributed by atoms with Gasteiger partial charge in [-0.25, -0.2) is 4.98 Å². The van der Waals surface area contributed by atoms with Crippen molar-refractivity contribution in [2.24, 2.45) is 12.0 Å². The summed E-state index contributed by atoms with van der Waals surface area (Å²) in [5, 5.41) is 7.50. The van der Waals surface area contributed by atoms with Crippen molar-refractivity contribution in [3.8, 4) is 5.88 Å². The van der Waals surface area contributed by atoms with Crippen LogP contribution in [0.15, 0.2) is 35.7 Å². The van der Waals surface area contributed by atoms with Crippen LogP contribution in [0.2, 0.25) is 0 Å². The molecular formula is C22H31N7O2. The molecule has 1 aliphatic carbocycles. The Bertz CT molecular complexity index is 903. The number of pyridine rings is 1. The van der Waals surface area contributed by atoms with Crippen molar-refractivity contribution in [3.63, 3.8) is 0 Å². The number of nitrogens with one attached hydrogen (secondary N) is 1. The number of anilines is 1. The van der Waals surface area contributed by atoms with Gasteiger partial charge in [-0.2, -0.15) is 5.10 Å². The number of carbonyl (C=O) groups is 1. The first-order chi connectivity index (χ1) is 15.1. The summed E-state index contributed by atoms with van der Waals surface area (Å²) in [6, 6.07) is 3.96. The molecule has 0 radical (unpaired) electrons. The molecule has 1 amide bonds. The second kappa shape index (κ2) is 9.80. The standard InChI is InChI=1S/C22H31N7O2/c1-23-22(28-10-11-29(21(30)16-28)18-14-26-27(2)15-18)25-13-17-8-9-20(24-12-17)31-19-6-4-3-5-7-19/h8-9,12,14-15,19H,3-7,10-11,13,16H2,1-2H3,(H,23,25). The van der Waals surface area contributed by atoms with Crippen LogP contribution in [0.5, 0.6) is 5.88 Å². The molecule has 0 spiro atoms. The van der Waals surface area contributed by atoms with Crippen molar-refractivity contribution in [3.05, 3.63) is 36.3 Å². The zero-order valence-corrected chi connectivity index (χ0v) is 18.3. The van der Waals surface area contributed by atoms with Crippen LogP contribution in [-0.4, -0.2) is 64.3 Å². The molecule has 2 aromatic heterocycles. The third kappa shape index (κ3) is 5.34. The van der Waals surface area contributed by atoms with E-state index in [2.05, 4.69) is 20.4 Å². The van der Waals surface area contributed by atoms with Crippen molar-refractivity contribution in [2.75, 3.05) is 31.6 Å². The highest BCUT2D eigenvalue weighted by Gasteiger charge is 2.27. The van der Waals surface area contributed by atoms with Crippen LogP contribution in [0.25, 0.3) is 0 Å². The first-order valence-corrected chi connectivity index (χ1v) is 11.0. The van der Waals surface area contributed by atoms with Gasteiger partial charge in [0.05, 0.1) is 11.9 Å². The molecule has 0 atom stereocenters. The summed E-state index contributed by atoms with van der Waals surface area (Å²) in [6.45, 7) is 2.16. The van der Waals surface area contributed by atoms with Crippen molar-refractivity contribution < 1.29 is 9.53 Å². The molecule has 1 saturated heterocycles. The number of hydrogen-bond acceptors (Lipinski definition) is 5. The number of nitrogens with zero attached hydrogens (tertiary/aromatic N) is 6. The zero-order valence-electron chi connectivity index (χ0n) is 18.3. The molecule has 0 aromatic carbocycles. The number of aliphatic imine (C=N–C) groups is 1. The number of ether oxygens (including phenoxy) is 1. The molecule has 31 heavy (non-hydrogen) atoms. The van der Waals surface area contributed by atoms with E-state index in [0.29, 0.717) is 37.6 Å². The lowest BCUT2D eigenvalue weighted by molar-refractivity contribution is -0.120. The molecule has 1 saturated carbocycles. The summed E-state index contributed by atoms with van der Waals surface area (Å²) >= 11 is 0. The van der Waals surface area contributed by atoms with Gasteiger partial charge in [0, 0.05) is 52.2 Å². The van der Waals surface area contributed by atoms with Gasteiger partial charge in [-0.05, 0) is 31.2 Å². The number of rotatable bonds is 5. The van der Waals surface area contributed by atoms with E-state index in [0.717, 1.165) is 24.1 Å². The van der Waals surface area contributed by atoms with Gasteiger partial charge in [-0.1, -0.05) is 12.5 Å². The second-order valence-electron chi connectivity index (χ2n) is 8.12. The number of aryl methyl sites for hydroxylation is 1. The van der Waals surface area contributed by atoms with Gasteiger partial charge in [-0.15, -0.1) is 0 Å². The van der Waals surface area contributed by atoms with Gasteiger partial charge in [0.15, 0.2) is 5.96 Å². The van der Waals surface area contributed by atoms with Crippen molar-refractivity contribution in [1.82, 2.24) is 25.0 Å². The van der Waals surface area contributed by atoms with E-state index < -0.39 is 0 Å². The summed E-state index contributed by atoms with van der Waals surface area (Å²) in [7, 11) is 3.58. The Morgan fingerprint density at radius 3 is 2.71 bits per heavy atom. The summed E-state index contributed by atoms with van der Waals surface area (Å²) < 4.78 is 7.70. The zero-order chi connectivity index (χ0) is 21.6. The minimum atomic E-state index is 0.0353. The molecule has 9 nitrogen and oxygen atoms in total. The van der Waals surface area contributed by atoms with Gasteiger partial charge >= 0.3 is 0 Å². The lowest BCUT2D eigenvalue weighted by Gasteiger charge is -2.35. The largest absolute Gasteiger partial charge is 0.474 e. The molecule has 9 heteroatoms. The SMILES string of the molecule is CN=C(NCc1ccc(OC2CCCCC2)nc1)N1CCN(c2cnn(C)c2)C(=O)C1. The number of carbonyl (C=O) groups excluding carboxylic acids is 1. The molecular weight excluding hydrogens is 394 g/mol. The summed E-state index contributed by atoms with van der Waals surface area (Å²) in [6.07, 6.45) is 11.7. The van der Waals surface area contributed by atoms with E-state index in [9.17, 15) is 4.79 Å². The average molecular weight is 426 g/mol. The number of guanidine groups is 1. The Kier molecular flexibility index (Phi) is 6.69. The number of amides is 1. The maximum atomic E-state index is 12.7. The third-order valence-corrected chi connectivity index (χ3v) is 5.82. The van der Waals surface area contributed by atoms with E-state index in [-0.39, 0.29) is 12.5 Å². The Hall–Kier alpha value is -3.10. The third-order valence-electron chi connectivity index (χ3n) is 5.82. The molecule has 2 aromatic rings. The van der Waals surface area contributed by atoms with Gasteiger partial charge in [0.2, 0.25) is 11.8 Å². The van der Waals surface area contributed by atoms with Crippen molar-refractivity contribution in [2.45, 2.75) is 44.8 Å². The highest BCUT2D eigenvalue weighted by atomic mass is 16.5. The molecule has 3 heterocycles. The topological polar surface area (TPSA) is 87.9 Å². The first kappa shape index (κ1) is 21.1. The quantitative estimate of drug-likeness (QED) is 0.582. The fourth-order valence-electron chi connectivity index (χ4n) is 4.13. The highest BCUT2D eigenvalue weighted by molar-refractivity contribution is 5.98. The van der Waals surface area contributed by atoms with Gasteiger partial charge in [0.25, 0.3) is 0 Å². The molecule has 1 aliphatic heterocycles. The number of aromatic nitrogens is 3. The van der Waals surface area contributed by atoms with Gasteiger partial charge in [-0.3, -0.25) is 14.5 Å². The predicted molar refractivity (Wildman–Crippen MR) is 119 cm³/mol. The lowest BCUT2D eigenvalue weighted by atomic mass is 9.98. The average Bonchev–Trinajstić information content (AvgIpc) is 3.22. The minimum absolute atomic E-state index is 0.0353. The highest BCUT2D eigenvalue weighted by Crippen LogP contribution is 2.22. The van der Waals surface area contributed by atoms with Crippen LogP contribution >= 0.6 is 0 Å². The molecule has 0 unspecified atom stereocenters. The Morgan fingerprint density at radius 1 is 1.23 bits per heavy atom. The normalized spacial score (nSPS) is 18.4. The van der Waals surface area contributed by atoms with E-state index >= 15 is 0 Å². The van der Waals surface area contributed by atoms with Crippen molar-refractivity contribution >= 4 is 17.6 Å². The van der Waals surface area contributed by atoms with Gasteiger partial charge in [0.1, 0.15) is 12.6 Å². The number of piperazine rings is 1. The Morgan fingerprint density at radius 2 is 2.06 bits per heavy atom. The maximum Gasteiger partial charge on any atom is 0.246 e. The molecule has 1 N–H and O–H groups in total. The van der Waals surface area contributed by atoms with Crippen molar-refractivity contribution in [1.29, 1.82) is 0 Å². The smallest absolute Gasteiger partial charge is 0.246 e. The van der Waals surface area contributed by atoms with E-state index in [1.807, 2.05) is 36.5 Å². The van der Waals surface area contributed by atoms with E-state index in [1.165, 1.54) is 19.3 Å². The predicted octanol–water partition coefficient (Wildman–Crippen LogP) is 1.95. The molecule has 0 bridgehead atoms. The Labute approximate surface area is 183 Å². The van der Waals surface area contributed by atoms with Gasteiger partial charge < -0.3 is 19.9 Å². The minimum Gasteiger partial charge on any atom is -0.474 e. The fraction of sp³-hybridized carbons (Fsp3) is 0.545. The second-order valence-corrected chi connectivity index (χ2v) is 8.12. The first-order valence-electron chi connectivity index (χ1n) is 11.0. The molecule has 2 fully saturated rings. The Balaban J connectivity index is 1.28. The van der Waals surface area contributed by atoms with Crippen LogP contribution in [0.4, 0.5) is 5.69 Å². The maximum absolute atomic E-state index is 12.7. The molecule has 2 aliphatic rings. The van der Waals surface area contributed by atoms with E-state index in [4.69, 9.17) is 4.74 Å². The van der Waals surface area contributed by atoms with Crippen LogP contribution in [-0.2, 0) is 18.4 Å². The van der Waals surface area contributed by atoms with Crippen LogP contribution in [0, 0.1) is 0 Å². The van der Waals surface area contributed by atoms with Crippen LogP contribution in [0.3, 0.4) is 0 Å². The summed E-state index contributed by atoms with van der Waals surface area (Å²) in [5.74, 6) is 1.44. The summed E-state index contributed by atoms with van der Waals surface area (Å²) in [5.41, 5.74) is 1.87.